The van der Waals surface area contributed by atoms with E-state index < -0.39 is 0 Å². The van der Waals surface area contributed by atoms with Crippen molar-refractivity contribution in [2.75, 3.05) is 65.4 Å². The fraction of sp³-hybridized carbons (Fsp3) is 0.589. The highest BCUT2D eigenvalue weighted by Crippen LogP contribution is 2.31. The van der Waals surface area contributed by atoms with Crippen molar-refractivity contribution in [3.05, 3.63) is 142 Å². The van der Waals surface area contributed by atoms with Gasteiger partial charge in [-0.2, -0.15) is 0 Å². The van der Waals surface area contributed by atoms with Crippen LogP contribution in [0.5, 0.6) is 0 Å². The van der Waals surface area contributed by atoms with Gasteiger partial charge in [-0.05, 0) is 67.6 Å². The number of nitrogens with zero attached hydrogens (tertiary/aromatic N) is 10. The van der Waals surface area contributed by atoms with E-state index in [1.54, 1.807) is 0 Å². The van der Waals surface area contributed by atoms with Crippen LogP contribution < -0.4 is 27.8 Å². The minimum Gasteiger partial charge on any atom is -0.391 e. The third kappa shape index (κ3) is 18.8. The summed E-state index contributed by atoms with van der Waals surface area (Å²) in [5, 5.41) is 50.5. The van der Waals surface area contributed by atoms with Crippen molar-refractivity contribution in [2.45, 2.75) is 175 Å². The van der Waals surface area contributed by atoms with Gasteiger partial charge in [0.25, 0.3) is 27.8 Å². The standard InChI is InChI=1S/C16H24N4O2.2C15H22N4O2.C14H20N4O2.C13H18N4O2/c1-2-3-4-5-11-7-20(9-13(11)21)8-12-6-17-15-14(12)18-10-19-16(15)22;1-9(2)3-10-5-19(7-12(10)20)6-11-4-16-14-13(11)17-8-18-15(14)21;1-2-3-4-10-6-19(8-12(10)20)7-11-5-16-14-13(11)17-9-18-15(14)21;1-2-3-9-5-18(7-11(9)19)6-10-4-15-13-12(10)16-8-17-14(13)20;1-2-8-4-17(6-10(8)18)5-9-3-14-12-11(9)15-7-16-13(12)19/h6,10-11,13,17,21H,2-5,7-9H2,1H3,(H,18,19,22);4,8-10,12,16,20H,3,5-7H2,1-2H3,(H,17,18,21);5,9-10,12,16,20H,2-4,6-8H2,1H3,(H,17,18,21);4,8-9,11,15,19H,2-3,5-7H2,1H3,(H,16,17,20);3,7-8,10,14,18H,2,4-6H2,1H3,(H,15,16,19)/t11-,13-;2*10-,12-;9-,11-;8-,10-/m00000/s1. The number of β-amino-alcohol motifs (C(OH)–C–C–N with tert-alkyl or cyclic N) is 5. The largest absolute Gasteiger partial charge is 0.391 e. The molecule has 0 spiro atoms. The van der Waals surface area contributed by atoms with Crippen LogP contribution in [0.3, 0.4) is 0 Å². The molecule has 15 rings (SSSR count). The van der Waals surface area contributed by atoms with Crippen LogP contribution in [0.2, 0.25) is 0 Å². The normalized spacial score (nSPS) is 23.4. The predicted molar refractivity (Wildman–Crippen MR) is 396 cm³/mol. The zero-order valence-electron chi connectivity index (χ0n) is 60.3. The number of rotatable bonds is 22. The van der Waals surface area contributed by atoms with Gasteiger partial charge in [0, 0.05) is 157 Å². The van der Waals surface area contributed by atoms with E-state index in [2.05, 4.69) is 141 Å². The Hall–Kier alpha value is -8.30. The van der Waals surface area contributed by atoms with Gasteiger partial charge in [0.05, 0.1) is 89.7 Å². The molecule has 0 bridgehead atoms. The summed E-state index contributed by atoms with van der Waals surface area (Å²) in [4.78, 5) is 118. The third-order valence-corrected chi connectivity index (χ3v) is 21.2. The molecule has 15 N–H and O–H groups in total. The molecule has 30 nitrogen and oxygen atoms in total. The Labute approximate surface area is 596 Å². The molecule has 0 radical (unpaired) electrons. The number of likely N-dealkylation sites (tertiary alicyclic amines) is 5. The van der Waals surface area contributed by atoms with Gasteiger partial charge in [-0.3, -0.25) is 48.5 Å². The number of H-pyrrole nitrogens is 10. The summed E-state index contributed by atoms with van der Waals surface area (Å²) in [5.74, 6) is 2.38. The van der Waals surface area contributed by atoms with Crippen LogP contribution in [0.4, 0.5) is 0 Å². The van der Waals surface area contributed by atoms with Gasteiger partial charge in [-0.15, -0.1) is 0 Å². The van der Waals surface area contributed by atoms with Gasteiger partial charge in [0.2, 0.25) is 0 Å². The monoisotopic (exact) mass is 1420 g/mol. The fourth-order valence-corrected chi connectivity index (χ4v) is 15.8. The van der Waals surface area contributed by atoms with Gasteiger partial charge >= 0.3 is 0 Å². The molecule has 15 heterocycles. The summed E-state index contributed by atoms with van der Waals surface area (Å²) in [6, 6.07) is 0. The van der Waals surface area contributed by atoms with E-state index in [-0.39, 0.29) is 58.3 Å². The fourth-order valence-electron chi connectivity index (χ4n) is 15.8. The highest BCUT2D eigenvalue weighted by Gasteiger charge is 2.36. The molecule has 0 aliphatic carbocycles. The summed E-state index contributed by atoms with van der Waals surface area (Å²) >= 11 is 0. The van der Waals surface area contributed by atoms with Crippen molar-refractivity contribution in [3.8, 4) is 0 Å². The number of nitrogens with one attached hydrogen (secondary N) is 10. The van der Waals surface area contributed by atoms with E-state index in [4.69, 9.17) is 0 Å². The molecule has 0 saturated carbocycles. The molecule has 0 aromatic carbocycles. The van der Waals surface area contributed by atoms with Gasteiger partial charge in [-0.1, -0.05) is 80.1 Å². The minimum atomic E-state index is -0.256. The zero-order valence-corrected chi connectivity index (χ0v) is 60.3. The number of unbranched alkanes of at least 4 members (excludes halogenated alkanes) is 3. The molecule has 558 valence electrons. The predicted octanol–water partition coefficient (Wildman–Crippen LogP) is 5.25. The number of aromatic nitrogens is 15. The highest BCUT2D eigenvalue weighted by atomic mass is 16.3. The minimum absolute atomic E-state index is 0.143. The van der Waals surface area contributed by atoms with Gasteiger partial charge in [0.15, 0.2) is 0 Å². The molecule has 5 aliphatic heterocycles. The van der Waals surface area contributed by atoms with Crippen LogP contribution in [0.15, 0.2) is 86.6 Å². The number of aromatic amines is 10. The lowest BCUT2D eigenvalue weighted by molar-refractivity contribution is 0.131. The van der Waals surface area contributed by atoms with E-state index in [0.29, 0.717) is 115 Å². The first kappa shape index (κ1) is 75.8. The molecular weight excluding hydrogens is 1320 g/mol. The number of aliphatic hydroxyl groups excluding tert-OH is 5. The smallest absolute Gasteiger partial charge is 0.275 e. The zero-order chi connectivity index (χ0) is 72.8. The number of hydrogen-bond donors (Lipinski definition) is 15. The van der Waals surface area contributed by atoms with Crippen molar-refractivity contribution in [1.82, 2.24) is 99.3 Å². The molecule has 10 atom stereocenters. The second-order valence-corrected chi connectivity index (χ2v) is 29.4. The summed E-state index contributed by atoms with van der Waals surface area (Å²) in [6.07, 6.45) is 27.5. The van der Waals surface area contributed by atoms with E-state index in [1.807, 2.05) is 31.0 Å². The van der Waals surface area contributed by atoms with Crippen molar-refractivity contribution >= 4 is 55.2 Å². The number of aliphatic hydroxyl groups is 5. The quantitative estimate of drug-likeness (QED) is 0.0385. The molecule has 10 aromatic heterocycles. The topological polar surface area (TPSA) is 425 Å². The maximum atomic E-state index is 11.7. The Morgan fingerprint density at radius 2 is 0.602 bits per heavy atom. The number of fused-ring (bicyclic) bond motifs is 5. The first-order valence-electron chi connectivity index (χ1n) is 37.0. The van der Waals surface area contributed by atoms with Gasteiger partial charge < -0.3 is 75.4 Å². The Morgan fingerprint density at radius 1 is 0.340 bits per heavy atom. The van der Waals surface area contributed by atoms with Crippen LogP contribution in [-0.4, -0.2) is 221 Å². The number of hydrogen-bond acceptors (Lipinski definition) is 20. The Bertz CT molecular complexity index is 4640. The van der Waals surface area contributed by atoms with Crippen molar-refractivity contribution in [1.29, 1.82) is 0 Å². The lowest BCUT2D eigenvalue weighted by atomic mass is 9.95. The summed E-state index contributed by atoms with van der Waals surface area (Å²) in [6.45, 7) is 24.6. The van der Waals surface area contributed by atoms with Gasteiger partial charge in [0.1, 0.15) is 27.6 Å². The Morgan fingerprint density at radius 3 is 0.874 bits per heavy atom. The first-order valence-corrected chi connectivity index (χ1v) is 37.0. The van der Waals surface area contributed by atoms with E-state index in [9.17, 15) is 49.5 Å². The van der Waals surface area contributed by atoms with Crippen LogP contribution in [0.1, 0.15) is 140 Å². The molecule has 0 unspecified atom stereocenters. The first-order chi connectivity index (χ1) is 49.8. The Kier molecular flexibility index (Phi) is 26.1. The molecule has 5 saturated heterocycles. The van der Waals surface area contributed by atoms with E-state index in [1.165, 1.54) is 63.7 Å². The summed E-state index contributed by atoms with van der Waals surface area (Å²) in [5.41, 5.74) is 10.5. The van der Waals surface area contributed by atoms with Gasteiger partial charge in [-0.25, -0.2) is 24.9 Å². The molecule has 30 heteroatoms. The molecule has 10 aromatic rings. The summed E-state index contributed by atoms with van der Waals surface area (Å²) < 4.78 is 0. The molecule has 5 aliphatic rings. The molecule has 103 heavy (non-hydrogen) atoms. The van der Waals surface area contributed by atoms with Crippen molar-refractivity contribution < 1.29 is 25.5 Å². The second kappa shape index (κ2) is 35.5. The molecule has 5 fully saturated rings. The SMILES string of the molecule is CC(C)C[C@H]1CN(Cc2c[nH]c3c(=O)[nH]cnc23)C[C@@H]1O.CCCCC[C@H]1CN(Cc2c[nH]c3c(=O)[nH]cnc23)C[C@@H]1O.CCCC[C@H]1CN(Cc2c[nH]c3c(=O)[nH]cnc23)C[C@@H]1O.CCC[C@H]1CN(Cc2c[nH]c3c(=O)[nH]cnc23)C[C@@H]1O.CC[C@H]1CN(Cc2c[nH]c3c(=O)[nH]cnc23)C[C@@H]1O. The summed E-state index contributed by atoms with van der Waals surface area (Å²) in [7, 11) is 0. The van der Waals surface area contributed by atoms with E-state index >= 15 is 0 Å². The molecule has 0 amide bonds. The lowest BCUT2D eigenvalue weighted by Crippen LogP contribution is -2.21. The van der Waals surface area contributed by atoms with Crippen molar-refractivity contribution in [3.63, 3.8) is 0 Å². The lowest BCUT2D eigenvalue weighted by Gasteiger charge is -2.16. The van der Waals surface area contributed by atoms with Crippen LogP contribution >= 0.6 is 0 Å². The van der Waals surface area contributed by atoms with Crippen LogP contribution in [-0.2, 0) is 32.7 Å². The second-order valence-electron chi connectivity index (χ2n) is 29.4. The van der Waals surface area contributed by atoms with Crippen LogP contribution in [0.25, 0.3) is 55.2 Å². The van der Waals surface area contributed by atoms with E-state index in [0.717, 1.165) is 140 Å². The highest BCUT2D eigenvalue weighted by molar-refractivity contribution is 5.80. The maximum absolute atomic E-state index is 11.7. The average Bonchev–Trinajstić information content (AvgIpc) is 1.69. The maximum Gasteiger partial charge on any atom is 0.275 e. The Balaban J connectivity index is 0.000000129. The third-order valence-electron chi connectivity index (χ3n) is 21.2. The molecular formula is C73H106N20O10. The van der Waals surface area contributed by atoms with Crippen LogP contribution in [0, 0.1) is 35.5 Å². The average molecular weight is 1420 g/mol. The van der Waals surface area contributed by atoms with Crippen molar-refractivity contribution in [2.24, 2.45) is 35.5 Å².